The molecule has 0 aliphatic carbocycles. The first kappa shape index (κ1) is 12.5. The second-order valence-corrected chi connectivity index (χ2v) is 4.15. The summed E-state index contributed by atoms with van der Waals surface area (Å²) in [5.41, 5.74) is -0.150. The predicted molar refractivity (Wildman–Crippen MR) is 68.9 cm³/mol. The molecule has 0 bridgehead atoms. The minimum absolute atomic E-state index is 0.150. The molecule has 0 fully saturated rings. The summed E-state index contributed by atoms with van der Waals surface area (Å²) >= 11 is 5.99. The fraction of sp³-hybridized carbons (Fsp3) is 0.273. The van der Waals surface area contributed by atoms with Crippen molar-refractivity contribution in [2.45, 2.75) is 6.42 Å². The van der Waals surface area contributed by atoms with Gasteiger partial charge in [0.1, 0.15) is 17.2 Å². The highest BCUT2D eigenvalue weighted by Gasteiger charge is 2.07. The van der Waals surface area contributed by atoms with Gasteiger partial charge in [0, 0.05) is 32.3 Å². The Morgan fingerprint density at radius 3 is 3.00 bits per heavy atom. The third-order valence-corrected chi connectivity index (χ3v) is 2.68. The van der Waals surface area contributed by atoms with Gasteiger partial charge in [0.2, 0.25) is 0 Å². The lowest BCUT2D eigenvalue weighted by Crippen LogP contribution is -2.23. The molecular formula is C11H12ClN5O. The van der Waals surface area contributed by atoms with Crippen LogP contribution in [0.3, 0.4) is 0 Å². The molecule has 0 amide bonds. The molecule has 18 heavy (non-hydrogen) atoms. The van der Waals surface area contributed by atoms with Gasteiger partial charge in [0.25, 0.3) is 5.56 Å². The third kappa shape index (κ3) is 3.04. The molecule has 0 saturated carbocycles. The van der Waals surface area contributed by atoms with E-state index in [9.17, 15) is 4.79 Å². The molecule has 0 spiro atoms. The van der Waals surface area contributed by atoms with E-state index in [-0.39, 0.29) is 5.56 Å². The lowest BCUT2D eigenvalue weighted by molar-refractivity contribution is 0.801. The van der Waals surface area contributed by atoms with Gasteiger partial charge in [0.05, 0.1) is 6.20 Å². The molecule has 7 heteroatoms. The number of likely N-dealkylation sites (N-methyl/N-ethyl adjacent to an activating group) is 1. The molecule has 2 heterocycles. The number of aromatic nitrogens is 4. The maximum absolute atomic E-state index is 11.1. The summed E-state index contributed by atoms with van der Waals surface area (Å²) in [5.74, 6) is 1.30. The lowest BCUT2D eigenvalue weighted by Gasteiger charge is -2.18. The third-order valence-electron chi connectivity index (χ3n) is 2.42. The van der Waals surface area contributed by atoms with Crippen LogP contribution in [0.4, 0.5) is 5.82 Å². The van der Waals surface area contributed by atoms with E-state index in [0.717, 1.165) is 0 Å². The summed E-state index contributed by atoms with van der Waals surface area (Å²) in [4.78, 5) is 27.7. The second kappa shape index (κ2) is 5.59. The van der Waals surface area contributed by atoms with Crippen molar-refractivity contribution in [1.29, 1.82) is 0 Å². The van der Waals surface area contributed by atoms with Crippen LogP contribution in [-0.4, -0.2) is 33.5 Å². The van der Waals surface area contributed by atoms with Crippen LogP contribution >= 0.6 is 11.6 Å². The van der Waals surface area contributed by atoms with Gasteiger partial charge in [-0.2, -0.15) is 0 Å². The normalized spacial score (nSPS) is 10.3. The van der Waals surface area contributed by atoms with Crippen molar-refractivity contribution in [3.63, 3.8) is 0 Å². The van der Waals surface area contributed by atoms with Crippen molar-refractivity contribution in [2.75, 3.05) is 18.5 Å². The molecule has 6 nitrogen and oxygen atoms in total. The average molecular weight is 266 g/mol. The first-order chi connectivity index (χ1) is 8.66. The predicted octanol–water partition coefficient (Wildman–Crippen LogP) is 0.892. The van der Waals surface area contributed by atoms with Crippen molar-refractivity contribution in [1.82, 2.24) is 19.9 Å². The van der Waals surface area contributed by atoms with Gasteiger partial charge in [-0.25, -0.2) is 15.0 Å². The summed E-state index contributed by atoms with van der Waals surface area (Å²) in [6.07, 6.45) is 5.09. The summed E-state index contributed by atoms with van der Waals surface area (Å²) in [6, 6.07) is 1.38. The molecule has 0 aromatic carbocycles. The van der Waals surface area contributed by atoms with Crippen LogP contribution in [-0.2, 0) is 6.42 Å². The molecule has 0 radical (unpaired) electrons. The minimum Gasteiger partial charge on any atom is -0.358 e. The Labute approximate surface area is 109 Å². The molecule has 2 aromatic rings. The summed E-state index contributed by atoms with van der Waals surface area (Å²) in [6.45, 7) is 0.643. The van der Waals surface area contributed by atoms with E-state index >= 15 is 0 Å². The monoisotopic (exact) mass is 265 g/mol. The van der Waals surface area contributed by atoms with E-state index in [1.54, 1.807) is 6.20 Å². The van der Waals surface area contributed by atoms with Gasteiger partial charge in [-0.1, -0.05) is 11.6 Å². The summed E-state index contributed by atoms with van der Waals surface area (Å²) < 4.78 is 0. The van der Waals surface area contributed by atoms with Gasteiger partial charge in [-0.3, -0.25) is 4.79 Å². The topological polar surface area (TPSA) is 74.8 Å². The van der Waals surface area contributed by atoms with Gasteiger partial charge < -0.3 is 9.88 Å². The maximum Gasteiger partial charge on any atom is 0.250 e. The number of rotatable bonds is 4. The quantitative estimate of drug-likeness (QED) is 0.889. The van der Waals surface area contributed by atoms with E-state index in [1.165, 1.54) is 18.6 Å². The fourth-order valence-corrected chi connectivity index (χ4v) is 1.75. The first-order valence-corrected chi connectivity index (χ1v) is 5.75. The molecule has 2 aromatic heterocycles. The Morgan fingerprint density at radius 1 is 1.44 bits per heavy atom. The second-order valence-electron chi connectivity index (χ2n) is 3.75. The molecule has 94 valence electrons. The van der Waals surface area contributed by atoms with Gasteiger partial charge >= 0.3 is 0 Å². The van der Waals surface area contributed by atoms with Crippen LogP contribution in [0.2, 0.25) is 5.02 Å². The highest BCUT2D eigenvalue weighted by Crippen LogP contribution is 2.19. The van der Waals surface area contributed by atoms with Crippen molar-refractivity contribution >= 4 is 17.4 Å². The molecule has 0 aliphatic heterocycles. The number of halogens is 1. The molecule has 0 atom stereocenters. The lowest BCUT2D eigenvalue weighted by atomic mass is 10.3. The van der Waals surface area contributed by atoms with Crippen molar-refractivity contribution in [2.24, 2.45) is 0 Å². The number of nitrogens with zero attached hydrogens (tertiary/aromatic N) is 4. The molecule has 2 rings (SSSR count). The zero-order chi connectivity index (χ0) is 13.0. The van der Waals surface area contributed by atoms with Crippen molar-refractivity contribution in [3.05, 3.63) is 46.0 Å². The Kier molecular flexibility index (Phi) is 3.88. The zero-order valence-corrected chi connectivity index (χ0v) is 10.6. The fourth-order valence-electron chi connectivity index (χ4n) is 1.50. The summed E-state index contributed by atoms with van der Waals surface area (Å²) in [7, 11) is 1.87. The van der Waals surface area contributed by atoms with Crippen molar-refractivity contribution < 1.29 is 0 Å². The Balaban J connectivity index is 2.03. The largest absolute Gasteiger partial charge is 0.358 e. The number of anilines is 1. The highest BCUT2D eigenvalue weighted by atomic mass is 35.5. The Hall–Kier alpha value is -1.95. The van der Waals surface area contributed by atoms with E-state index in [0.29, 0.717) is 29.6 Å². The summed E-state index contributed by atoms with van der Waals surface area (Å²) in [5, 5.41) is 0.495. The van der Waals surface area contributed by atoms with Gasteiger partial charge in [-0.15, -0.1) is 0 Å². The first-order valence-electron chi connectivity index (χ1n) is 5.37. The molecule has 1 N–H and O–H groups in total. The average Bonchev–Trinajstić information content (AvgIpc) is 2.37. The van der Waals surface area contributed by atoms with E-state index in [2.05, 4.69) is 19.9 Å². The van der Waals surface area contributed by atoms with Gasteiger partial charge in [-0.05, 0) is 0 Å². The van der Waals surface area contributed by atoms with Crippen LogP contribution in [0.5, 0.6) is 0 Å². The molecular weight excluding hydrogens is 254 g/mol. The number of hydrogen-bond donors (Lipinski definition) is 1. The van der Waals surface area contributed by atoms with Crippen LogP contribution in [0.15, 0.2) is 29.6 Å². The minimum atomic E-state index is -0.150. The number of H-pyrrole nitrogens is 1. The smallest absolute Gasteiger partial charge is 0.250 e. The molecule has 0 aliphatic rings. The van der Waals surface area contributed by atoms with Crippen molar-refractivity contribution in [3.8, 4) is 0 Å². The van der Waals surface area contributed by atoms with E-state index in [4.69, 9.17) is 11.6 Å². The van der Waals surface area contributed by atoms with Crippen LogP contribution < -0.4 is 10.5 Å². The Bertz CT molecular complexity index is 585. The SMILES string of the molecule is CN(CCc1nccc(=O)[nH]1)c1ncncc1Cl. The van der Waals surface area contributed by atoms with Crippen LogP contribution in [0, 0.1) is 0 Å². The maximum atomic E-state index is 11.1. The van der Waals surface area contributed by atoms with E-state index < -0.39 is 0 Å². The zero-order valence-electron chi connectivity index (χ0n) is 9.80. The molecule has 0 unspecified atom stereocenters. The van der Waals surface area contributed by atoms with Crippen LogP contribution in [0.25, 0.3) is 0 Å². The molecule has 0 saturated heterocycles. The van der Waals surface area contributed by atoms with Gasteiger partial charge in [0.15, 0.2) is 5.82 Å². The highest BCUT2D eigenvalue weighted by molar-refractivity contribution is 6.32. The number of hydrogen-bond acceptors (Lipinski definition) is 5. The standard InChI is InChI=1S/C11H12ClN5O/c1-17(11-8(12)6-13-7-15-11)5-3-9-14-4-2-10(18)16-9/h2,4,6-7H,3,5H2,1H3,(H,14,16,18). The number of aromatic amines is 1. The van der Waals surface area contributed by atoms with Crippen LogP contribution in [0.1, 0.15) is 5.82 Å². The number of nitrogens with one attached hydrogen (secondary N) is 1. The Morgan fingerprint density at radius 2 is 2.28 bits per heavy atom. The van der Waals surface area contributed by atoms with E-state index in [1.807, 2.05) is 11.9 Å².